The lowest BCUT2D eigenvalue weighted by atomic mass is 10.3. The zero-order chi connectivity index (χ0) is 12.1. The highest BCUT2D eigenvalue weighted by molar-refractivity contribution is 9.10. The third-order valence-corrected chi connectivity index (χ3v) is 2.40. The van der Waals surface area contributed by atoms with Crippen molar-refractivity contribution >= 4 is 45.2 Å². The Morgan fingerprint density at radius 1 is 1.44 bits per heavy atom. The quantitative estimate of drug-likeness (QED) is 0.802. The second kappa shape index (κ2) is 5.72. The van der Waals surface area contributed by atoms with Crippen LogP contribution in [0.15, 0.2) is 22.7 Å². The highest BCUT2D eigenvalue weighted by Gasteiger charge is 2.06. The number of carbonyl (C=O) groups is 2. The summed E-state index contributed by atoms with van der Waals surface area (Å²) >= 11 is 9.05. The van der Waals surface area contributed by atoms with Gasteiger partial charge in [0.15, 0.2) is 0 Å². The van der Waals surface area contributed by atoms with E-state index in [-0.39, 0.29) is 0 Å². The summed E-state index contributed by atoms with van der Waals surface area (Å²) in [5, 5.41) is 13.3. The van der Waals surface area contributed by atoms with E-state index in [9.17, 15) is 9.59 Å². The second-order valence-corrected chi connectivity index (χ2v) is 4.15. The van der Waals surface area contributed by atoms with Crippen LogP contribution in [-0.2, 0) is 4.79 Å². The molecule has 0 saturated heterocycles. The first-order chi connectivity index (χ1) is 7.49. The molecule has 1 rings (SSSR count). The van der Waals surface area contributed by atoms with Gasteiger partial charge in [-0.2, -0.15) is 0 Å². The third-order valence-electron chi connectivity index (χ3n) is 1.58. The molecule has 0 heterocycles. The molecule has 7 heteroatoms. The van der Waals surface area contributed by atoms with E-state index >= 15 is 0 Å². The Morgan fingerprint density at radius 2 is 2.12 bits per heavy atom. The molecule has 0 bridgehead atoms. The zero-order valence-corrected chi connectivity index (χ0v) is 10.3. The van der Waals surface area contributed by atoms with Crippen LogP contribution in [0.3, 0.4) is 0 Å². The molecule has 0 atom stereocenters. The van der Waals surface area contributed by atoms with Crippen LogP contribution in [0.25, 0.3) is 0 Å². The maximum atomic E-state index is 11.2. The van der Waals surface area contributed by atoms with Crippen LogP contribution in [0.2, 0.25) is 5.02 Å². The summed E-state index contributed by atoms with van der Waals surface area (Å²) in [5.41, 5.74) is 0.402. The normalized spacial score (nSPS) is 9.62. The molecule has 16 heavy (non-hydrogen) atoms. The number of halogens is 2. The largest absolute Gasteiger partial charge is 0.480 e. The molecule has 0 aliphatic rings. The highest BCUT2D eigenvalue weighted by Crippen LogP contribution is 2.25. The summed E-state index contributed by atoms with van der Waals surface area (Å²) < 4.78 is 0.755. The van der Waals surface area contributed by atoms with E-state index in [1.165, 1.54) is 0 Å². The van der Waals surface area contributed by atoms with Crippen LogP contribution in [0.1, 0.15) is 0 Å². The van der Waals surface area contributed by atoms with Crippen LogP contribution >= 0.6 is 27.5 Å². The van der Waals surface area contributed by atoms with Crippen molar-refractivity contribution in [3.8, 4) is 0 Å². The molecule has 0 aromatic heterocycles. The summed E-state index contributed by atoms with van der Waals surface area (Å²) in [6.07, 6.45) is 0. The average Bonchev–Trinajstić information content (AvgIpc) is 2.20. The average molecular weight is 308 g/mol. The van der Waals surface area contributed by atoms with Crippen molar-refractivity contribution in [1.29, 1.82) is 0 Å². The molecule has 2 amide bonds. The lowest BCUT2D eigenvalue weighted by Gasteiger charge is -2.07. The topological polar surface area (TPSA) is 78.4 Å². The molecule has 0 aliphatic carbocycles. The van der Waals surface area contributed by atoms with E-state index in [1.54, 1.807) is 18.2 Å². The first kappa shape index (κ1) is 12.8. The van der Waals surface area contributed by atoms with Gasteiger partial charge in [-0.1, -0.05) is 27.5 Å². The van der Waals surface area contributed by atoms with Crippen molar-refractivity contribution in [3.63, 3.8) is 0 Å². The lowest BCUT2D eigenvalue weighted by molar-refractivity contribution is -0.135. The molecule has 0 spiro atoms. The summed E-state index contributed by atoms with van der Waals surface area (Å²) in [6, 6.07) is 4.33. The van der Waals surface area contributed by atoms with Gasteiger partial charge in [0.25, 0.3) is 0 Å². The van der Waals surface area contributed by atoms with Crippen molar-refractivity contribution in [1.82, 2.24) is 5.32 Å². The van der Waals surface area contributed by atoms with Crippen molar-refractivity contribution < 1.29 is 14.7 Å². The number of anilines is 1. The van der Waals surface area contributed by atoms with Crippen molar-refractivity contribution in [2.75, 3.05) is 11.9 Å². The van der Waals surface area contributed by atoms with Gasteiger partial charge in [-0.15, -0.1) is 0 Å². The van der Waals surface area contributed by atoms with Crippen LogP contribution < -0.4 is 10.6 Å². The molecule has 0 saturated carbocycles. The van der Waals surface area contributed by atoms with Crippen LogP contribution in [0.5, 0.6) is 0 Å². The molecular formula is C9H8BrClN2O3. The monoisotopic (exact) mass is 306 g/mol. The molecule has 5 nitrogen and oxygen atoms in total. The SMILES string of the molecule is O=C(O)CNC(=O)Nc1cc(Br)ccc1Cl. The molecule has 0 aliphatic heterocycles. The van der Waals surface area contributed by atoms with Crippen LogP contribution in [0, 0.1) is 0 Å². The summed E-state index contributed by atoms with van der Waals surface area (Å²) in [4.78, 5) is 21.4. The molecule has 86 valence electrons. The first-order valence-electron chi connectivity index (χ1n) is 4.20. The maximum Gasteiger partial charge on any atom is 0.323 e. The number of hydrogen-bond donors (Lipinski definition) is 3. The lowest BCUT2D eigenvalue weighted by Crippen LogP contribution is -2.33. The maximum absolute atomic E-state index is 11.2. The number of benzene rings is 1. The number of carbonyl (C=O) groups excluding carboxylic acids is 1. The summed E-state index contributed by atoms with van der Waals surface area (Å²) in [6.45, 7) is -0.447. The molecule has 3 N–H and O–H groups in total. The van der Waals surface area contributed by atoms with E-state index in [4.69, 9.17) is 16.7 Å². The van der Waals surface area contributed by atoms with E-state index in [0.717, 1.165) is 4.47 Å². The standard InChI is InChI=1S/C9H8BrClN2O3/c10-5-1-2-6(11)7(3-5)13-9(16)12-4-8(14)15/h1-3H,4H2,(H,14,15)(H2,12,13,16). The molecule has 0 fully saturated rings. The summed E-state index contributed by atoms with van der Waals surface area (Å²) in [7, 11) is 0. The Labute approximate surface area is 105 Å². The van der Waals surface area contributed by atoms with Crippen LogP contribution in [-0.4, -0.2) is 23.7 Å². The Balaban J connectivity index is 2.62. The number of carboxylic acids is 1. The Hall–Kier alpha value is -1.27. The second-order valence-electron chi connectivity index (χ2n) is 2.83. The number of urea groups is 1. The Morgan fingerprint density at radius 3 is 2.75 bits per heavy atom. The van der Waals surface area contributed by atoms with Gasteiger partial charge in [0, 0.05) is 4.47 Å². The van der Waals surface area contributed by atoms with Gasteiger partial charge < -0.3 is 15.7 Å². The van der Waals surface area contributed by atoms with Crippen molar-refractivity contribution in [2.24, 2.45) is 0 Å². The number of rotatable bonds is 3. The van der Waals surface area contributed by atoms with Gasteiger partial charge in [-0.25, -0.2) is 4.79 Å². The van der Waals surface area contributed by atoms with E-state index in [0.29, 0.717) is 10.7 Å². The van der Waals surface area contributed by atoms with Gasteiger partial charge >= 0.3 is 12.0 Å². The fourth-order valence-electron chi connectivity index (χ4n) is 0.916. The number of aliphatic carboxylic acids is 1. The van der Waals surface area contributed by atoms with Crippen LogP contribution in [0.4, 0.5) is 10.5 Å². The number of hydrogen-bond acceptors (Lipinski definition) is 2. The fraction of sp³-hybridized carbons (Fsp3) is 0.111. The Kier molecular flexibility index (Phi) is 4.57. The van der Waals surface area contributed by atoms with Gasteiger partial charge in [0.1, 0.15) is 6.54 Å². The van der Waals surface area contributed by atoms with Crippen molar-refractivity contribution in [2.45, 2.75) is 0 Å². The predicted octanol–water partition coefficient (Wildman–Crippen LogP) is 2.31. The molecule has 1 aromatic carbocycles. The predicted molar refractivity (Wildman–Crippen MR) is 63.8 cm³/mol. The van der Waals surface area contributed by atoms with E-state index in [2.05, 4.69) is 26.6 Å². The van der Waals surface area contributed by atoms with E-state index in [1.807, 2.05) is 0 Å². The van der Waals surface area contributed by atoms with Gasteiger partial charge in [0.05, 0.1) is 10.7 Å². The van der Waals surface area contributed by atoms with Gasteiger partial charge in [-0.3, -0.25) is 4.79 Å². The minimum atomic E-state index is -1.12. The van der Waals surface area contributed by atoms with Gasteiger partial charge in [0.2, 0.25) is 0 Å². The molecule has 0 unspecified atom stereocenters. The first-order valence-corrected chi connectivity index (χ1v) is 5.38. The number of nitrogens with one attached hydrogen (secondary N) is 2. The third kappa shape index (κ3) is 4.08. The number of amides is 2. The van der Waals surface area contributed by atoms with Crippen molar-refractivity contribution in [3.05, 3.63) is 27.7 Å². The number of carboxylic acid groups (broad SMARTS) is 1. The van der Waals surface area contributed by atoms with E-state index < -0.39 is 18.5 Å². The smallest absolute Gasteiger partial charge is 0.323 e. The molecule has 0 radical (unpaired) electrons. The molecule has 1 aromatic rings. The Bertz CT molecular complexity index is 425. The fourth-order valence-corrected chi connectivity index (χ4v) is 1.44. The summed E-state index contributed by atoms with van der Waals surface area (Å²) in [5.74, 6) is -1.12. The minimum absolute atomic E-state index is 0.369. The molecular weight excluding hydrogens is 299 g/mol. The highest BCUT2D eigenvalue weighted by atomic mass is 79.9. The van der Waals surface area contributed by atoms with Gasteiger partial charge in [-0.05, 0) is 18.2 Å². The minimum Gasteiger partial charge on any atom is -0.480 e. The zero-order valence-electron chi connectivity index (χ0n) is 7.96.